The Bertz CT molecular complexity index is 430. The highest BCUT2D eigenvalue weighted by molar-refractivity contribution is 8.01. The molecule has 20 heavy (non-hydrogen) atoms. The summed E-state index contributed by atoms with van der Waals surface area (Å²) in [5, 5.41) is 6.86. The summed E-state index contributed by atoms with van der Waals surface area (Å²) in [5.74, 6) is 0.860. The van der Waals surface area contributed by atoms with Crippen molar-refractivity contribution in [3.8, 4) is 5.75 Å². The molecule has 110 valence electrons. The third-order valence-electron chi connectivity index (χ3n) is 3.41. The number of nitrogens with one attached hydrogen (secondary N) is 2. The SMILES string of the molecule is COc1ccc(NC(=O)C(C)SC2CCNCC2)cc1. The number of piperidine rings is 1. The fraction of sp³-hybridized carbons (Fsp3) is 0.533. The lowest BCUT2D eigenvalue weighted by molar-refractivity contribution is -0.115. The Kier molecular flexibility index (Phi) is 5.73. The van der Waals surface area contributed by atoms with Gasteiger partial charge in [0.2, 0.25) is 5.91 Å². The van der Waals surface area contributed by atoms with Gasteiger partial charge in [0.15, 0.2) is 0 Å². The number of hydrogen-bond acceptors (Lipinski definition) is 4. The molecular formula is C15H22N2O2S. The van der Waals surface area contributed by atoms with Gasteiger partial charge >= 0.3 is 0 Å². The summed E-state index contributed by atoms with van der Waals surface area (Å²) in [6.45, 7) is 4.10. The predicted molar refractivity (Wildman–Crippen MR) is 84.6 cm³/mol. The van der Waals surface area contributed by atoms with Crippen LogP contribution in [0, 0.1) is 0 Å². The maximum Gasteiger partial charge on any atom is 0.237 e. The Hall–Kier alpha value is -1.20. The Morgan fingerprint density at radius 2 is 2.00 bits per heavy atom. The van der Waals surface area contributed by atoms with Crippen molar-refractivity contribution in [2.75, 3.05) is 25.5 Å². The molecule has 0 bridgehead atoms. The topological polar surface area (TPSA) is 50.4 Å². The van der Waals surface area contributed by atoms with Gasteiger partial charge in [-0.3, -0.25) is 4.79 Å². The minimum absolute atomic E-state index is 0.0276. The molecule has 1 aromatic rings. The van der Waals surface area contributed by atoms with Gasteiger partial charge in [0.25, 0.3) is 0 Å². The van der Waals surface area contributed by atoms with E-state index in [4.69, 9.17) is 4.74 Å². The van der Waals surface area contributed by atoms with Crippen LogP contribution in [0.15, 0.2) is 24.3 Å². The van der Waals surface area contributed by atoms with Gasteiger partial charge in [-0.2, -0.15) is 0 Å². The number of methoxy groups -OCH3 is 1. The van der Waals surface area contributed by atoms with Crippen LogP contribution in [0.1, 0.15) is 19.8 Å². The van der Waals surface area contributed by atoms with Crippen molar-refractivity contribution >= 4 is 23.4 Å². The monoisotopic (exact) mass is 294 g/mol. The van der Waals surface area contributed by atoms with Gasteiger partial charge in [-0.1, -0.05) is 0 Å². The molecule has 4 nitrogen and oxygen atoms in total. The van der Waals surface area contributed by atoms with Crippen LogP contribution >= 0.6 is 11.8 Å². The summed E-state index contributed by atoms with van der Waals surface area (Å²) in [6.07, 6.45) is 2.29. The first-order valence-corrected chi connectivity index (χ1v) is 7.94. The molecule has 0 aromatic heterocycles. The number of benzene rings is 1. The van der Waals surface area contributed by atoms with E-state index in [0.29, 0.717) is 5.25 Å². The van der Waals surface area contributed by atoms with E-state index in [1.54, 1.807) is 18.9 Å². The lowest BCUT2D eigenvalue weighted by atomic mass is 10.2. The van der Waals surface area contributed by atoms with Crippen molar-refractivity contribution in [1.29, 1.82) is 0 Å². The zero-order chi connectivity index (χ0) is 14.4. The molecule has 5 heteroatoms. The highest BCUT2D eigenvalue weighted by Crippen LogP contribution is 2.25. The number of ether oxygens (including phenoxy) is 1. The molecule has 1 saturated heterocycles. The standard InChI is InChI=1S/C15H22N2O2S/c1-11(20-14-7-9-16-10-8-14)15(18)17-12-3-5-13(19-2)6-4-12/h3-6,11,14,16H,7-10H2,1-2H3,(H,17,18). The number of rotatable bonds is 5. The van der Waals surface area contributed by atoms with Crippen LogP contribution in [0.2, 0.25) is 0 Å². The first kappa shape index (κ1) is 15.2. The van der Waals surface area contributed by atoms with Gasteiger partial charge in [-0.15, -0.1) is 11.8 Å². The van der Waals surface area contributed by atoms with Gasteiger partial charge < -0.3 is 15.4 Å². The molecule has 0 spiro atoms. The quantitative estimate of drug-likeness (QED) is 0.876. The van der Waals surface area contributed by atoms with E-state index < -0.39 is 0 Å². The van der Waals surface area contributed by atoms with Crippen molar-refractivity contribution in [2.24, 2.45) is 0 Å². The second kappa shape index (κ2) is 7.55. The highest BCUT2D eigenvalue weighted by atomic mass is 32.2. The molecule has 1 heterocycles. The molecule has 2 N–H and O–H groups in total. The largest absolute Gasteiger partial charge is 0.497 e. The van der Waals surface area contributed by atoms with Gasteiger partial charge in [0.05, 0.1) is 12.4 Å². The number of thioether (sulfide) groups is 1. The van der Waals surface area contributed by atoms with E-state index in [-0.39, 0.29) is 11.2 Å². The van der Waals surface area contributed by atoms with Crippen LogP contribution in [0.25, 0.3) is 0 Å². The minimum atomic E-state index is -0.0276. The van der Waals surface area contributed by atoms with Crippen molar-refractivity contribution in [3.63, 3.8) is 0 Å². The van der Waals surface area contributed by atoms with Gasteiger partial charge in [0.1, 0.15) is 5.75 Å². The van der Waals surface area contributed by atoms with E-state index in [2.05, 4.69) is 10.6 Å². The molecule has 0 saturated carbocycles. The molecular weight excluding hydrogens is 272 g/mol. The third-order valence-corrected chi connectivity index (χ3v) is 4.89. The van der Waals surface area contributed by atoms with Gasteiger partial charge in [-0.05, 0) is 57.1 Å². The number of carbonyl (C=O) groups is 1. The van der Waals surface area contributed by atoms with E-state index in [0.717, 1.165) is 37.4 Å². The zero-order valence-corrected chi connectivity index (χ0v) is 12.8. The average molecular weight is 294 g/mol. The molecule has 0 aliphatic carbocycles. The van der Waals surface area contributed by atoms with Crippen LogP contribution in [0.5, 0.6) is 5.75 Å². The normalized spacial score (nSPS) is 17.5. The Morgan fingerprint density at radius 3 is 2.60 bits per heavy atom. The van der Waals surface area contributed by atoms with E-state index in [9.17, 15) is 4.79 Å². The van der Waals surface area contributed by atoms with Gasteiger partial charge in [-0.25, -0.2) is 0 Å². The third kappa shape index (κ3) is 4.42. The second-order valence-corrected chi connectivity index (χ2v) is 6.59. The lowest BCUT2D eigenvalue weighted by Gasteiger charge is -2.24. The molecule has 1 unspecified atom stereocenters. The summed E-state index contributed by atoms with van der Waals surface area (Å²) < 4.78 is 5.10. The van der Waals surface area contributed by atoms with Crippen LogP contribution in [0.3, 0.4) is 0 Å². The molecule has 1 amide bonds. The van der Waals surface area contributed by atoms with Crippen molar-refractivity contribution in [3.05, 3.63) is 24.3 Å². The number of amides is 1. The average Bonchev–Trinajstić information content (AvgIpc) is 2.49. The number of hydrogen-bond donors (Lipinski definition) is 2. The van der Waals surface area contributed by atoms with Crippen molar-refractivity contribution in [2.45, 2.75) is 30.3 Å². The Balaban J connectivity index is 1.83. The summed E-state index contributed by atoms with van der Waals surface area (Å²) in [7, 11) is 1.63. The second-order valence-electron chi connectivity index (χ2n) is 4.95. The smallest absolute Gasteiger partial charge is 0.237 e. The lowest BCUT2D eigenvalue weighted by Crippen LogP contribution is -2.32. The maximum atomic E-state index is 12.2. The van der Waals surface area contributed by atoms with Crippen LogP contribution in [-0.2, 0) is 4.79 Å². The zero-order valence-electron chi connectivity index (χ0n) is 12.0. The van der Waals surface area contributed by atoms with E-state index in [1.807, 2.05) is 31.2 Å². The van der Waals surface area contributed by atoms with Crippen LogP contribution < -0.4 is 15.4 Å². The summed E-state index contributed by atoms with van der Waals surface area (Å²) in [6, 6.07) is 7.41. The fourth-order valence-corrected chi connectivity index (χ4v) is 3.47. The fourth-order valence-electron chi connectivity index (χ4n) is 2.20. The van der Waals surface area contributed by atoms with Crippen molar-refractivity contribution < 1.29 is 9.53 Å². The van der Waals surface area contributed by atoms with Crippen LogP contribution in [0.4, 0.5) is 5.69 Å². The molecule has 0 radical (unpaired) electrons. The predicted octanol–water partition coefficient (Wildman–Crippen LogP) is 2.51. The van der Waals surface area contributed by atoms with Gasteiger partial charge in [0, 0.05) is 10.9 Å². The van der Waals surface area contributed by atoms with Crippen molar-refractivity contribution in [1.82, 2.24) is 5.32 Å². The van der Waals surface area contributed by atoms with E-state index in [1.165, 1.54) is 0 Å². The Labute approximate surface area is 124 Å². The summed E-state index contributed by atoms with van der Waals surface area (Å²) in [4.78, 5) is 12.2. The van der Waals surface area contributed by atoms with E-state index >= 15 is 0 Å². The number of anilines is 1. The minimum Gasteiger partial charge on any atom is -0.497 e. The highest BCUT2D eigenvalue weighted by Gasteiger charge is 2.21. The number of carbonyl (C=O) groups excluding carboxylic acids is 1. The molecule has 1 atom stereocenters. The van der Waals surface area contributed by atoms with Crippen LogP contribution in [-0.4, -0.2) is 36.6 Å². The molecule has 1 fully saturated rings. The molecule has 1 aliphatic rings. The molecule has 2 rings (SSSR count). The molecule has 1 aliphatic heterocycles. The first-order valence-electron chi connectivity index (χ1n) is 7.00. The summed E-state index contributed by atoms with van der Waals surface area (Å²) in [5.41, 5.74) is 0.813. The maximum absolute atomic E-state index is 12.2. The molecule has 1 aromatic carbocycles. The first-order chi connectivity index (χ1) is 9.69. The Morgan fingerprint density at radius 1 is 1.35 bits per heavy atom. The summed E-state index contributed by atoms with van der Waals surface area (Å²) >= 11 is 1.78.